The van der Waals surface area contributed by atoms with Crippen LogP contribution in [0.3, 0.4) is 0 Å². The van der Waals surface area contributed by atoms with Crippen LogP contribution in [0.4, 0.5) is 0 Å². The third-order valence-electron chi connectivity index (χ3n) is 2.40. The number of hydrogen-bond acceptors (Lipinski definition) is 3. The zero-order chi connectivity index (χ0) is 10.2. The number of unbranched alkanes of at least 4 members (excludes halogenated alkanes) is 5. The number of nitrogens with two attached hydrogens (primary N) is 1. The van der Waals surface area contributed by atoms with E-state index in [4.69, 9.17) is 5.84 Å². The minimum Gasteiger partial charge on any atom is -0.336 e. The van der Waals surface area contributed by atoms with E-state index in [1.807, 2.05) is 0 Å². The Morgan fingerprint density at radius 2 is 1.93 bits per heavy atom. The summed E-state index contributed by atoms with van der Waals surface area (Å²) in [7, 11) is 0. The second-order valence-electron chi connectivity index (χ2n) is 3.67. The van der Waals surface area contributed by atoms with Gasteiger partial charge in [-0.15, -0.1) is 10.2 Å². The van der Waals surface area contributed by atoms with Gasteiger partial charge in [-0.05, 0) is 6.42 Å². The van der Waals surface area contributed by atoms with Crippen LogP contribution in [-0.2, 0) is 6.42 Å². The quantitative estimate of drug-likeness (QED) is 0.535. The van der Waals surface area contributed by atoms with Gasteiger partial charge in [-0.25, -0.2) is 4.68 Å². The normalized spacial score (nSPS) is 10.6. The maximum absolute atomic E-state index is 5.59. The zero-order valence-corrected chi connectivity index (χ0v) is 8.95. The molecule has 0 amide bonds. The molecule has 1 aromatic heterocycles. The topological polar surface area (TPSA) is 56.7 Å². The van der Waals surface area contributed by atoms with Crippen molar-refractivity contribution in [1.82, 2.24) is 14.9 Å². The van der Waals surface area contributed by atoms with Crippen LogP contribution in [0.25, 0.3) is 0 Å². The molecule has 0 aliphatic heterocycles. The molecule has 0 unspecified atom stereocenters. The Labute approximate surface area is 85.5 Å². The monoisotopic (exact) mass is 196 g/mol. The molecule has 4 heteroatoms. The molecule has 0 fully saturated rings. The Bertz CT molecular complexity index is 244. The van der Waals surface area contributed by atoms with E-state index in [0.717, 1.165) is 12.2 Å². The smallest absolute Gasteiger partial charge is 0.151 e. The van der Waals surface area contributed by atoms with Gasteiger partial charge in [-0.2, -0.15) is 0 Å². The van der Waals surface area contributed by atoms with Gasteiger partial charge < -0.3 is 5.84 Å². The molecule has 0 bridgehead atoms. The van der Waals surface area contributed by atoms with Crippen molar-refractivity contribution in [3.8, 4) is 0 Å². The van der Waals surface area contributed by atoms with Crippen molar-refractivity contribution in [1.29, 1.82) is 0 Å². The number of aryl methyl sites for hydroxylation is 1. The summed E-state index contributed by atoms with van der Waals surface area (Å²) in [4.78, 5) is 0. The summed E-state index contributed by atoms with van der Waals surface area (Å²) in [5.41, 5.74) is 0. The van der Waals surface area contributed by atoms with E-state index in [9.17, 15) is 0 Å². The first-order valence-electron chi connectivity index (χ1n) is 5.48. The molecule has 0 radical (unpaired) electrons. The van der Waals surface area contributed by atoms with Crippen LogP contribution in [0.5, 0.6) is 0 Å². The highest BCUT2D eigenvalue weighted by atomic mass is 15.4. The van der Waals surface area contributed by atoms with E-state index >= 15 is 0 Å². The molecule has 0 aromatic carbocycles. The first kappa shape index (κ1) is 11.0. The van der Waals surface area contributed by atoms with Gasteiger partial charge in [-0.1, -0.05) is 39.0 Å². The maximum atomic E-state index is 5.59. The van der Waals surface area contributed by atoms with Crippen LogP contribution in [0.15, 0.2) is 6.33 Å². The Hall–Kier alpha value is -1.06. The molecule has 0 aliphatic rings. The summed E-state index contributed by atoms with van der Waals surface area (Å²) in [6, 6.07) is 0. The lowest BCUT2D eigenvalue weighted by Gasteiger charge is -2.00. The van der Waals surface area contributed by atoms with Crippen molar-refractivity contribution in [2.45, 2.75) is 51.9 Å². The minimum absolute atomic E-state index is 0.889. The van der Waals surface area contributed by atoms with Crippen molar-refractivity contribution in [2.75, 3.05) is 5.84 Å². The summed E-state index contributed by atoms with van der Waals surface area (Å²) >= 11 is 0. The third kappa shape index (κ3) is 3.77. The molecule has 0 spiro atoms. The Morgan fingerprint density at radius 3 is 2.57 bits per heavy atom. The summed E-state index contributed by atoms with van der Waals surface area (Å²) in [5.74, 6) is 6.48. The molecule has 0 saturated heterocycles. The predicted molar refractivity (Wildman–Crippen MR) is 57.3 cm³/mol. The standard InChI is InChI=1S/C10H20N4/c1-2-3-4-5-6-7-8-10-13-12-9-14(10)11/h9H,2-8,11H2,1H3. The highest BCUT2D eigenvalue weighted by Crippen LogP contribution is 2.07. The Morgan fingerprint density at radius 1 is 1.21 bits per heavy atom. The van der Waals surface area contributed by atoms with Crippen LogP contribution in [0.1, 0.15) is 51.3 Å². The lowest BCUT2D eigenvalue weighted by Crippen LogP contribution is -2.11. The van der Waals surface area contributed by atoms with Crippen molar-refractivity contribution in [2.24, 2.45) is 0 Å². The third-order valence-corrected chi connectivity index (χ3v) is 2.40. The Balaban J connectivity index is 2.02. The van der Waals surface area contributed by atoms with Crippen LogP contribution in [-0.4, -0.2) is 14.9 Å². The molecular weight excluding hydrogens is 176 g/mol. The van der Waals surface area contributed by atoms with Crippen LogP contribution >= 0.6 is 0 Å². The highest BCUT2D eigenvalue weighted by Gasteiger charge is 1.99. The SMILES string of the molecule is CCCCCCCCc1nncn1N. The van der Waals surface area contributed by atoms with Crippen LogP contribution < -0.4 is 5.84 Å². The van der Waals surface area contributed by atoms with E-state index < -0.39 is 0 Å². The van der Waals surface area contributed by atoms with E-state index in [-0.39, 0.29) is 0 Å². The fourth-order valence-electron chi connectivity index (χ4n) is 1.51. The van der Waals surface area contributed by atoms with Gasteiger partial charge >= 0.3 is 0 Å². The fourth-order valence-corrected chi connectivity index (χ4v) is 1.51. The van der Waals surface area contributed by atoms with E-state index in [0.29, 0.717) is 0 Å². The summed E-state index contributed by atoms with van der Waals surface area (Å²) < 4.78 is 1.51. The Kier molecular flexibility index (Phi) is 5.04. The second kappa shape index (κ2) is 6.40. The lowest BCUT2D eigenvalue weighted by atomic mass is 10.1. The molecule has 2 N–H and O–H groups in total. The number of hydrogen-bond donors (Lipinski definition) is 1. The number of nitrogens with zero attached hydrogens (tertiary/aromatic N) is 3. The molecule has 0 saturated carbocycles. The molecule has 80 valence electrons. The molecule has 0 atom stereocenters. The average molecular weight is 196 g/mol. The van der Waals surface area contributed by atoms with Gasteiger partial charge in [0.1, 0.15) is 6.33 Å². The largest absolute Gasteiger partial charge is 0.336 e. The summed E-state index contributed by atoms with van der Waals surface area (Å²) in [5, 5.41) is 7.68. The minimum atomic E-state index is 0.889. The molecule has 0 aliphatic carbocycles. The molecule has 14 heavy (non-hydrogen) atoms. The number of aromatic nitrogens is 3. The molecule has 1 heterocycles. The molecule has 4 nitrogen and oxygen atoms in total. The first-order valence-corrected chi connectivity index (χ1v) is 5.48. The van der Waals surface area contributed by atoms with E-state index in [2.05, 4.69) is 17.1 Å². The van der Waals surface area contributed by atoms with Gasteiger partial charge in [0, 0.05) is 6.42 Å². The summed E-state index contributed by atoms with van der Waals surface area (Å²) in [6.07, 6.45) is 10.3. The molecule has 1 rings (SSSR count). The summed E-state index contributed by atoms with van der Waals surface area (Å²) in [6.45, 7) is 2.23. The lowest BCUT2D eigenvalue weighted by molar-refractivity contribution is 0.597. The second-order valence-corrected chi connectivity index (χ2v) is 3.67. The van der Waals surface area contributed by atoms with Crippen molar-refractivity contribution < 1.29 is 0 Å². The average Bonchev–Trinajstić information content (AvgIpc) is 2.58. The van der Waals surface area contributed by atoms with Crippen molar-refractivity contribution in [3.63, 3.8) is 0 Å². The number of nitrogen functional groups attached to an aromatic ring is 1. The van der Waals surface area contributed by atoms with Gasteiger partial charge in [0.2, 0.25) is 0 Å². The molecular formula is C10H20N4. The predicted octanol–water partition coefficient (Wildman–Crippen LogP) is 1.89. The van der Waals surface area contributed by atoms with E-state index in [1.54, 1.807) is 6.33 Å². The van der Waals surface area contributed by atoms with Crippen molar-refractivity contribution >= 4 is 0 Å². The van der Waals surface area contributed by atoms with Gasteiger partial charge in [-0.3, -0.25) is 0 Å². The van der Waals surface area contributed by atoms with Gasteiger partial charge in [0.15, 0.2) is 5.82 Å². The van der Waals surface area contributed by atoms with Gasteiger partial charge in [0.05, 0.1) is 0 Å². The number of rotatable bonds is 7. The fraction of sp³-hybridized carbons (Fsp3) is 0.800. The zero-order valence-electron chi connectivity index (χ0n) is 8.95. The highest BCUT2D eigenvalue weighted by molar-refractivity contribution is 4.84. The van der Waals surface area contributed by atoms with Crippen LogP contribution in [0, 0.1) is 0 Å². The maximum Gasteiger partial charge on any atom is 0.151 e. The van der Waals surface area contributed by atoms with Crippen molar-refractivity contribution in [3.05, 3.63) is 12.2 Å². The van der Waals surface area contributed by atoms with Gasteiger partial charge in [0.25, 0.3) is 0 Å². The molecule has 1 aromatic rings. The van der Waals surface area contributed by atoms with Crippen LogP contribution in [0.2, 0.25) is 0 Å². The van der Waals surface area contributed by atoms with E-state index in [1.165, 1.54) is 43.2 Å². The first-order chi connectivity index (χ1) is 6.84.